The van der Waals surface area contributed by atoms with Gasteiger partial charge >= 0.3 is 6.09 Å². The SMILES string of the molecule is CC(C)N(CCNC1CCNC1)C(=O)OC(C)(C)C. The monoisotopic (exact) mass is 271 g/mol. The highest BCUT2D eigenvalue weighted by atomic mass is 16.6. The van der Waals surface area contributed by atoms with E-state index in [9.17, 15) is 4.79 Å². The van der Waals surface area contributed by atoms with Crippen molar-refractivity contribution in [3.05, 3.63) is 0 Å². The summed E-state index contributed by atoms with van der Waals surface area (Å²) in [6.07, 6.45) is 0.933. The van der Waals surface area contributed by atoms with E-state index in [1.165, 1.54) is 0 Å². The van der Waals surface area contributed by atoms with Crippen molar-refractivity contribution in [2.75, 3.05) is 26.2 Å². The standard InChI is InChI=1S/C14H29N3O2/c1-11(2)17(13(18)19-14(3,4)5)9-8-16-12-6-7-15-10-12/h11-12,15-16H,6-10H2,1-5H3. The number of nitrogens with zero attached hydrogens (tertiary/aromatic N) is 1. The van der Waals surface area contributed by atoms with E-state index in [1.807, 2.05) is 34.6 Å². The van der Waals surface area contributed by atoms with Gasteiger partial charge in [-0.25, -0.2) is 4.79 Å². The zero-order chi connectivity index (χ0) is 14.5. The van der Waals surface area contributed by atoms with Gasteiger partial charge in [-0.15, -0.1) is 0 Å². The van der Waals surface area contributed by atoms with E-state index in [0.717, 1.165) is 26.1 Å². The summed E-state index contributed by atoms with van der Waals surface area (Å²) in [4.78, 5) is 13.9. The van der Waals surface area contributed by atoms with E-state index in [0.29, 0.717) is 12.6 Å². The first kappa shape index (κ1) is 16.2. The van der Waals surface area contributed by atoms with Crippen LogP contribution >= 0.6 is 0 Å². The van der Waals surface area contributed by atoms with E-state index in [4.69, 9.17) is 4.74 Å². The summed E-state index contributed by atoms with van der Waals surface area (Å²) in [5.41, 5.74) is -0.437. The first-order chi connectivity index (χ1) is 8.79. The summed E-state index contributed by atoms with van der Waals surface area (Å²) in [6.45, 7) is 13.3. The maximum atomic E-state index is 12.1. The Labute approximate surface area is 117 Å². The van der Waals surface area contributed by atoms with Crippen LogP contribution in [0.15, 0.2) is 0 Å². The predicted octanol–water partition coefficient (Wildman–Crippen LogP) is 1.58. The molecule has 1 saturated heterocycles. The van der Waals surface area contributed by atoms with Gasteiger partial charge in [0.25, 0.3) is 0 Å². The molecule has 19 heavy (non-hydrogen) atoms. The molecule has 112 valence electrons. The maximum absolute atomic E-state index is 12.1. The minimum atomic E-state index is -0.437. The average molecular weight is 271 g/mol. The first-order valence-corrected chi connectivity index (χ1v) is 7.23. The summed E-state index contributed by atoms with van der Waals surface area (Å²) in [7, 11) is 0. The summed E-state index contributed by atoms with van der Waals surface area (Å²) in [6, 6.07) is 0.686. The maximum Gasteiger partial charge on any atom is 0.410 e. The van der Waals surface area contributed by atoms with Crippen LogP contribution in [0, 0.1) is 0 Å². The fourth-order valence-corrected chi connectivity index (χ4v) is 2.10. The molecule has 5 heteroatoms. The Bertz CT molecular complexity index is 281. The molecule has 1 fully saturated rings. The van der Waals surface area contributed by atoms with E-state index < -0.39 is 5.60 Å². The number of carbonyl (C=O) groups excluding carboxylic acids is 1. The molecule has 0 bridgehead atoms. The second-order valence-electron chi connectivity index (χ2n) is 6.41. The van der Waals surface area contributed by atoms with Gasteiger partial charge in [-0.1, -0.05) is 0 Å². The van der Waals surface area contributed by atoms with Gasteiger partial charge in [0, 0.05) is 31.7 Å². The lowest BCUT2D eigenvalue weighted by atomic mass is 10.2. The van der Waals surface area contributed by atoms with Gasteiger partial charge in [-0.2, -0.15) is 0 Å². The highest BCUT2D eigenvalue weighted by Gasteiger charge is 2.24. The van der Waals surface area contributed by atoms with Crippen molar-refractivity contribution in [1.29, 1.82) is 0 Å². The average Bonchev–Trinajstić information content (AvgIpc) is 2.73. The molecular formula is C14H29N3O2. The Morgan fingerprint density at radius 3 is 2.63 bits per heavy atom. The lowest BCUT2D eigenvalue weighted by molar-refractivity contribution is 0.0192. The number of rotatable bonds is 5. The molecule has 0 aliphatic carbocycles. The molecule has 1 heterocycles. The number of hydrogen-bond donors (Lipinski definition) is 2. The zero-order valence-corrected chi connectivity index (χ0v) is 13.0. The van der Waals surface area contributed by atoms with E-state index >= 15 is 0 Å². The van der Waals surface area contributed by atoms with E-state index in [2.05, 4.69) is 10.6 Å². The van der Waals surface area contributed by atoms with Crippen molar-refractivity contribution in [2.24, 2.45) is 0 Å². The second kappa shape index (κ2) is 7.10. The second-order valence-corrected chi connectivity index (χ2v) is 6.41. The van der Waals surface area contributed by atoms with Crippen molar-refractivity contribution in [1.82, 2.24) is 15.5 Å². The molecule has 1 aliphatic heterocycles. The first-order valence-electron chi connectivity index (χ1n) is 7.23. The smallest absolute Gasteiger partial charge is 0.410 e. The van der Waals surface area contributed by atoms with Crippen LogP contribution in [0.1, 0.15) is 41.0 Å². The van der Waals surface area contributed by atoms with Crippen molar-refractivity contribution >= 4 is 6.09 Å². The molecule has 0 aromatic carbocycles. The lowest BCUT2D eigenvalue weighted by Gasteiger charge is -2.30. The summed E-state index contributed by atoms with van der Waals surface area (Å²) in [5, 5.41) is 6.79. The Hall–Kier alpha value is -0.810. The number of amides is 1. The molecule has 1 unspecified atom stereocenters. The summed E-state index contributed by atoms with van der Waals surface area (Å²) in [5.74, 6) is 0. The van der Waals surface area contributed by atoms with Gasteiger partial charge < -0.3 is 20.3 Å². The van der Waals surface area contributed by atoms with Gasteiger partial charge in [0.2, 0.25) is 0 Å². The van der Waals surface area contributed by atoms with Crippen molar-refractivity contribution in [3.63, 3.8) is 0 Å². The molecule has 0 saturated carbocycles. The molecule has 1 rings (SSSR count). The topological polar surface area (TPSA) is 53.6 Å². The Morgan fingerprint density at radius 2 is 2.16 bits per heavy atom. The van der Waals surface area contributed by atoms with Crippen molar-refractivity contribution in [3.8, 4) is 0 Å². The van der Waals surface area contributed by atoms with Gasteiger partial charge in [0.15, 0.2) is 0 Å². The highest BCUT2D eigenvalue weighted by Crippen LogP contribution is 2.11. The fraction of sp³-hybridized carbons (Fsp3) is 0.929. The molecule has 5 nitrogen and oxygen atoms in total. The minimum absolute atomic E-state index is 0.151. The zero-order valence-electron chi connectivity index (χ0n) is 13.0. The molecule has 1 amide bonds. The number of carbonyl (C=O) groups is 1. The molecule has 2 N–H and O–H groups in total. The predicted molar refractivity (Wildman–Crippen MR) is 77.4 cm³/mol. The number of ether oxygens (including phenoxy) is 1. The third-order valence-corrected chi connectivity index (χ3v) is 3.10. The largest absolute Gasteiger partial charge is 0.444 e. The molecule has 0 radical (unpaired) electrons. The number of nitrogens with one attached hydrogen (secondary N) is 2. The van der Waals surface area contributed by atoms with Crippen LogP contribution in [0.3, 0.4) is 0 Å². The third kappa shape index (κ3) is 6.25. The van der Waals surface area contributed by atoms with Gasteiger partial charge in [-0.05, 0) is 47.6 Å². The van der Waals surface area contributed by atoms with Crippen LogP contribution in [0.25, 0.3) is 0 Å². The van der Waals surface area contributed by atoms with Crippen LogP contribution in [-0.2, 0) is 4.74 Å². The Kier molecular flexibility index (Phi) is 6.07. The van der Waals surface area contributed by atoms with E-state index in [-0.39, 0.29) is 12.1 Å². The molecule has 1 aliphatic rings. The fourth-order valence-electron chi connectivity index (χ4n) is 2.10. The van der Waals surface area contributed by atoms with E-state index in [1.54, 1.807) is 4.90 Å². The van der Waals surface area contributed by atoms with Crippen LogP contribution < -0.4 is 10.6 Å². The van der Waals surface area contributed by atoms with Gasteiger partial charge in [0.05, 0.1) is 0 Å². The molecular weight excluding hydrogens is 242 g/mol. The minimum Gasteiger partial charge on any atom is -0.444 e. The molecule has 0 aromatic heterocycles. The van der Waals surface area contributed by atoms with Crippen LogP contribution in [0.5, 0.6) is 0 Å². The molecule has 0 spiro atoms. The third-order valence-electron chi connectivity index (χ3n) is 3.10. The van der Waals surface area contributed by atoms with Gasteiger partial charge in [-0.3, -0.25) is 0 Å². The normalized spacial score (nSPS) is 19.8. The Balaban J connectivity index is 2.37. The lowest BCUT2D eigenvalue weighted by Crippen LogP contribution is -2.45. The number of hydrogen-bond acceptors (Lipinski definition) is 4. The highest BCUT2D eigenvalue weighted by molar-refractivity contribution is 5.68. The van der Waals surface area contributed by atoms with Crippen LogP contribution in [0.2, 0.25) is 0 Å². The van der Waals surface area contributed by atoms with Crippen molar-refractivity contribution in [2.45, 2.75) is 58.7 Å². The Morgan fingerprint density at radius 1 is 1.47 bits per heavy atom. The summed E-state index contributed by atoms with van der Waals surface area (Å²) < 4.78 is 5.43. The molecule has 0 aromatic rings. The van der Waals surface area contributed by atoms with Crippen LogP contribution in [-0.4, -0.2) is 54.9 Å². The molecule has 1 atom stereocenters. The van der Waals surface area contributed by atoms with Crippen molar-refractivity contribution < 1.29 is 9.53 Å². The summed E-state index contributed by atoms with van der Waals surface area (Å²) >= 11 is 0. The van der Waals surface area contributed by atoms with Crippen LogP contribution in [0.4, 0.5) is 4.79 Å². The van der Waals surface area contributed by atoms with Gasteiger partial charge in [0.1, 0.15) is 5.60 Å². The quantitative estimate of drug-likeness (QED) is 0.797.